The maximum absolute atomic E-state index is 13.9. The van der Waals surface area contributed by atoms with E-state index < -0.39 is 41.2 Å². The van der Waals surface area contributed by atoms with Gasteiger partial charge in [-0.05, 0) is 0 Å². The average Bonchev–Trinajstić information content (AvgIpc) is 2.74. The fourth-order valence-corrected chi connectivity index (χ4v) is 1.82. The van der Waals surface area contributed by atoms with E-state index in [4.69, 9.17) is 0 Å². The van der Waals surface area contributed by atoms with Crippen LogP contribution in [0.15, 0.2) is 12.4 Å². The van der Waals surface area contributed by atoms with Crippen molar-refractivity contribution in [1.29, 1.82) is 0 Å². The van der Waals surface area contributed by atoms with Gasteiger partial charge in [0.2, 0.25) is 5.95 Å². The third-order valence-corrected chi connectivity index (χ3v) is 3.10. The second-order valence-electron chi connectivity index (χ2n) is 5.09. The highest BCUT2D eigenvalue weighted by Crippen LogP contribution is 2.51. The van der Waals surface area contributed by atoms with Crippen molar-refractivity contribution in [1.82, 2.24) is 14.4 Å². The van der Waals surface area contributed by atoms with Crippen molar-refractivity contribution < 1.29 is 35.1 Å². The smallest absolute Gasteiger partial charge is 0.259 e. The lowest BCUT2D eigenvalue weighted by molar-refractivity contribution is -0.360. The highest BCUT2D eigenvalue weighted by molar-refractivity contribution is 5.43. The first kappa shape index (κ1) is 17.4. The Kier molecular flexibility index (Phi) is 3.81. The summed E-state index contributed by atoms with van der Waals surface area (Å²) in [5.74, 6) is -13.4. The molecule has 128 valence electrons. The van der Waals surface area contributed by atoms with Gasteiger partial charge in [0.15, 0.2) is 0 Å². The molecule has 0 saturated carbocycles. The minimum absolute atomic E-state index is 0.158. The second-order valence-corrected chi connectivity index (χ2v) is 5.09. The molecule has 2 aromatic rings. The quantitative estimate of drug-likeness (QED) is 0.776. The number of rotatable bonds is 3. The maximum atomic E-state index is 13.9. The minimum Gasteiger partial charge on any atom is -0.259 e. The van der Waals surface area contributed by atoms with Crippen LogP contribution in [0.5, 0.6) is 0 Å². The molecule has 2 rings (SSSR count). The van der Waals surface area contributed by atoms with Crippen LogP contribution in [0, 0.1) is 5.95 Å². The fourth-order valence-electron chi connectivity index (χ4n) is 1.82. The van der Waals surface area contributed by atoms with Crippen molar-refractivity contribution in [3.8, 4) is 0 Å². The summed E-state index contributed by atoms with van der Waals surface area (Å²) in [6, 6.07) is 0.203. The predicted molar refractivity (Wildman–Crippen MR) is 61.9 cm³/mol. The third-order valence-electron chi connectivity index (χ3n) is 3.10. The standard InChI is InChI=1S/C12H9F8N3/c1-5(2)8-9(13)23-4-21-6(3-7(23)22-8)10(14,15)11(16,17)12(18,19)20/h3-5H,1-2H3. The van der Waals surface area contributed by atoms with Gasteiger partial charge in [-0.15, -0.1) is 0 Å². The summed E-state index contributed by atoms with van der Waals surface area (Å²) in [4.78, 5) is 6.46. The second kappa shape index (κ2) is 5.03. The molecule has 23 heavy (non-hydrogen) atoms. The highest BCUT2D eigenvalue weighted by atomic mass is 19.4. The van der Waals surface area contributed by atoms with E-state index in [1.807, 2.05) is 0 Å². The van der Waals surface area contributed by atoms with Crippen molar-refractivity contribution in [3.63, 3.8) is 0 Å². The Balaban J connectivity index is 2.61. The predicted octanol–water partition coefficient (Wildman–Crippen LogP) is 4.28. The van der Waals surface area contributed by atoms with Crippen LogP contribution < -0.4 is 0 Å². The molecule has 0 aliphatic heterocycles. The van der Waals surface area contributed by atoms with Gasteiger partial charge >= 0.3 is 18.0 Å². The number of halogens is 8. The lowest BCUT2D eigenvalue weighted by atomic mass is 10.1. The lowest BCUT2D eigenvalue weighted by Gasteiger charge is -2.27. The molecule has 0 aromatic carbocycles. The van der Waals surface area contributed by atoms with Crippen molar-refractivity contribution in [3.05, 3.63) is 29.7 Å². The Morgan fingerprint density at radius 3 is 2.09 bits per heavy atom. The summed E-state index contributed by atoms with van der Waals surface area (Å²) in [6.07, 6.45) is -6.09. The molecular weight excluding hydrogens is 338 g/mol. The number of fused-ring (bicyclic) bond motifs is 1. The molecule has 0 amide bonds. The van der Waals surface area contributed by atoms with Crippen molar-refractivity contribution in [2.75, 3.05) is 0 Å². The first-order chi connectivity index (χ1) is 10.3. The highest BCUT2D eigenvalue weighted by Gasteiger charge is 2.74. The zero-order chi connectivity index (χ0) is 17.8. The van der Waals surface area contributed by atoms with E-state index in [1.54, 1.807) is 0 Å². The monoisotopic (exact) mass is 347 g/mol. The van der Waals surface area contributed by atoms with Crippen LogP contribution in [0.2, 0.25) is 0 Å². The third kappa shape index (κ3) is 2.51. The van der Waals surface area contributed by atoms with Crippen LogP contribution in [-0.2, 0) is 5.92 Å². The molecule has 0 saturated heterocycles. The molecule has 2 aromatic heterocycles. The summed E-state index contributed by atoms with van der Waals surface area (Å²) in [5, 5.41) is 0. The molecule has 0 fully saturated rings. The number of imidazole rings is 1. The number of alkyl halides is 7. The summed E-state index contributed by atoms with van der Waals surface area (Å²) >= 11 is 0. The van der Waals surface area contributed by atoms with Crippen LogP contribution in [0.1, 0.15) is 31.2 Å². The summed E-state index contributed by atoms with van der Waals surface area (Å²) in [5.41, 5.74) is -2.56. The van der Waals surface area contributed by atoms with Crippen LogP contribution in [0.25, 0.3) is 5.65 Å². The molecule has 0 radical (unpaired) electrons. The number of hydrogen-bond acceptors (Lipinski definition) is 2. The van der Waals surface area contributed by atoms with Gasteiger partial charge in [-0.25, -0.2) is 9.97 Å². The SMILES string of the molecule is CC(C)c1nc2cc(C(F)(F)C(F)(F)C(F)(F)F)ncn2c1F. The first-order valence-electron chi connectivity index (χ1n) is 6.17. The topological polar surface area (TPSA) is 30.2 Å². The van der Waals surface area contributed by atoms with E-state index in [1.165, 1.54) is 13.8 Å². The van der Waals surface area contributed by atoms with E-state index in [-0.39, 0.29) is 11.8 Å². The van der Waals surface area contributed by atoms with Crippen LogP contribution in [0.3, 0.4) is 0 Å². The molecule has 0 aliphatic carbocycles. The Bertz CT molecular complexity index is 732. The van der Waals surface area contributed by atoms with Gasteiger partial charge in [0.25, 0.3) is 0 Å². The summed E-state index contributed by atoms with van der Waals surface area (Å²) < 4.78 is 104. The van der Waals surface area contributed by atoms with Crippen molar-refractivity contribution in [2.45, 2.75) is 37.8 Å². The average molecular weight is 347 g/mol. The molecule has 3 nitrogen and oxygen atoms in total. The van der Waals surface area contributed by atoms with Gasteiger partial charge in [0.1, 0.15) is 17.7 Å². The first-order valence-corrected chi connectivity index (χ1v) is 6.17. The molecule has 0 unspecified atom stereocenters. The normalized spacial score (nSPS) is 14.0. The Morgan fingerprint density at radius 2 is 1.61 bits per heavy atom. The summed E-state index contributed by atoms with van der Waals surface area (Å²) in [7, 11) is 0. The number of aromatic nitrogens is 3. The zero-order valence-electron chi connectivity index (χ0n) is 11.6. The molecule has 0 spiro atoms. The van der Waals surface area contributed by atoms with E-state index in [0.29, 0.717) is 10.7 Å². The fraction of sp³-hybridized carbons (Fsp3) is 0.500. The van der Waals surface area contributed by atoms with Crippen molar-refractivity contribution >= 4 is 5.65 Å². The zero-order valence-corrected chi connectivity index (χ0v) is 11.6. The van der Waals surface area contributed by atoms with Gasteiger partial charge in [-0.2, -0.15) is 35.1 Å². The van der Waals surface area contributed by atoms with Crippen molar-refractivity contribution in [2.24, 2.45) is 0 Å². The molecule has 0 N–H and O–H groups in total. The van der Waals surface area contributed by atoms with Gasteiger partial charge in [-0.1, -0.05) is 13.8 Å². The minimum atomic E-state index is -6.48. The Morgan fingerprint density at radius 1 is 1.04 bits per heavy atom. The molecule has 11 heteroatoms. The molecular formula is C12H9F8N3. The largest absolute Gasteiger partial charge is 0.460 e. The molecule has 0 bridgehead atoms. The van der Waals surface area contributed by atoms with Gasteiger partial charge in [0.05, 0.1) is 5.69 Å². The van der Waals surface area contributed by atoms with Crippen LogP contribution in [0.4, 0.5) is 35.1 Å². The van der Waals surface area contributed by atoms with Gasteiger partial charge in [0, 0.05) is 12.0 Å². The van der Waals surface area contributed by atoms with E-state index in [2.05, 4.69) is 9.97 Å². The maximum Gasteiger partial charge on any atom is 0.460 e. The molecule has 2 heterocycles. The number of nitrogens with zero attached hydrogens (tertiary/aromatic N) is 3. The van der Waals surface area contributed by atoms with Gasteiger partial charge in [-0.3, -0.25) is 4.40 Å². The Hall–Kier alpha value is -1.94. The van der Waals surface area contributed by atoms with E-state index in [9.17, 15) is 35.1 Å². The lowest BCUT2D eigenvalue weighted by Crippen LogP contribution is -2.50. The Labute approximate surface area is 124 Å². The van der Waals surface area contributed by atoms with Gasteiger partial charge < -0.3 is 0 Å². The molecule has 0 atom stereocenters. The van der Waals surface area contributed by atoms with Crippen LogP contribution >= 0.6 is 0 Å². The molecule has 0 aliphatic rings. The van der Waals surface area contributed by atoms with E-state index in [0.717, 1.165) is 0 Å². The van der Waals surface area contributed by atoms with E-state index >= 15 is 0 Å². The van der Waals surface area contributed by atoms with Crippen LogP contribution in [-0.4, -0.2) is 26.5 Å². The summed E-state index contributed by atoms with van der Waals surface area (Å²) in [6.45, 7) is 3.07. The number of hydrogen-bond donors (Lipinski definition) is 0.